The normalized spacial score (nSPS) is 12.5. The summed E-state index contributed by atoms with van der Waals surface area (Å²) in [5, 5.41) is 0. The van der Waals surface area contributed by atoms with Crippen LogP contribution in [0.15, 0.2) is 0 Å². The minimum Gasteiger partial charge on any atom is -0.394 e. The van der Waals surface area contributed by atoms with Crippen molar-refractivity contribution in [3.63, 3.8) is 0 Å². The third kappa shape index (κ3) is 2.88. The Morgan fingerprint density at radius 1 is 1.00 bits per heavy atom. The van der Waals surface area contributed by atoms with Gasteiger partial charge in [0.25, 0.3) is 0 Å². The van der Waals surface area contributed by atoms with Crippen LogP contribution in [-0.4, -0.2) is 21.8 Å². The minimum absolute atomic E-state index is 0.544. The van der Waals surface area contributed by atoms with E-state index in [9.17, 15) is 0 Å². The molecule has 0 unspecified atom stereocenters. The molecule has 0 aliphatic carbocycles. The predicted molar refractivity (Wildman–Crippen MR) is 54.6 cm³/mol. The summed E-state index contributed by atoms with van der Waals surface area (Å²) in [5.41, 5.74) is 0.544. The Hall–Kier alpha value is 0.137. The zero-order valence-electron chi connectivity index (χ0n) is 9.02. The average Bonchev–Trinajstić information content (AvgIpc) is 2.03. The van der Waals surface area contributed by atoms with Crippen molar-refractivity contribution in [1.82, 2.24) is 0 Å². The van der Waals surface area contributed by atoms with Gasteiger partial charge in [0.05, 0.1) is 0 Å². The largest absolute Gasteiger partial charge is 0.394 e. The molecule has 2 nitrogen and oxygen atoms in total. The maximum atomic E-state index is 5.80. The Morgan fingerprint density at radius 3 is 1.58 bits per heavy atom. The molecule has 0 fully saturated rings. The van der Waals surface area contributed by atoms with E-state index in [4.69, 9.17) is 8.85 Å². The second-order valence-corrected chi connectivity index (χ2v) is 7.25. The van der Waals surface area contributed by atoms with Crippen LogP contribution in [0.4, 0.5) is 0 Å². The van der Waals surface area contributed by atoms with E-state index in [0.717, 1.165) is 19.3 Å². The fourth-order valence-electron chi connectivity index (χ4n) is 1.48. The molecule has 0 aliphatic rings. The smallest absolute Gasteiger partial charge is 0.340 e. The summed E-state index contributed by atoms with van der Waals surface area (Å²) >= 11 is 0. The summed E-state index contributed by atoms with van der Waals surface area (Å²) in [6.45, 7) is 12.2. The minimum atomic E-state index is -1.85. The highest BCUT2D eigenvalue weighted by Gasteiger charge is 2.38. The van der Waals surface area contributed by atoms with Crippen LogP contribution < -0.4 is 0 Å². The highest BCUT2D eigenvalue weighted by molar-refractivity contribution is 6.68. The lowest BCUT2D eigenvalue weighted by Crippen LogP contribution is -2.44. The second kappa shape index (κ2) is 5.73. The maximum absolute atomic E-state index is 5.80. The summed E-state index contributed by atoms with van der Waals surface area (Å²) in [7, 11) is -1.85. The summed E-state index contributed by atoms with van der Waals surface area (Å²) < 4.78 is 11.6. The van der Waals surface area contributed by atoms with Gasteiger partial charge in [0.2, 0.25) is 0 Å². The van der Waals surface area contributed by atoms with Crippen LogP contribution in [0.25, 0.3) is 0 Å². The van der Waals surface area contributed by atoms with Gasteiger partial charge >= 0.3 is 8.56 Å². The first-order valence-corrected chi connectivity index (χ1v) is 7.00. The van der Waals surface area contributed by atoms with Crippen molar-refractivity contribution in [3.05, 3.63) is 0 Å². The first-order valence-electron chi connectivity index (χ1n) is 4.90. The topological polar surface area (TPSA) is 18.5 Å². The fourth-order valence-corrected chi connectivity index (χ4v) is 4.43. The molecule has 12 heavy (non-hydrogen) atoms. The van der Waals surface area contributed by atoms with Crippen LogP contribution in [0.1, 0.15) is 34.6 Å². The lowest BCUT2D eigenvalue weighted by Gasteiger charge is -2.32. The number of hydrogen-bond donors (Lipinski definition) is 0. The lowest BCUT2D eigenvalue weighted by atomic mass is 10.6. The van der Waals surface area contributed by atoms with Gasteiger partial charge in [-0.25, -0.2) is 0 Å². The first kappa shape index (κ1) is 12.1. The molecule has 0 rings (SSSR count). The SMILES string of the molecule is CCO[Si](CC)(OCC)C(C)C. The van der Waals surface area contributed by atoms with E-state index >= 15 is 0 Å². The van der Waals surface area contributed by atoms with E-state index in [-0.39, 0.29) is 0 Å². The Morgan fingerprint density at radius 2 is 1.42 bits per heavy atom. The van der Waals surface area contributed by atoms with Crippen molar-refractivity contribution in [1.29, 1.82) is 0 Å². The summed E-state index contributed by atoms with van der Waals surface area (Å²) in [4.78, 5) is 0. The van der Waals surface area contributed by atoms with Gasteiger partial charge in [-0.15, -0.1) is 0 Å². The highest BCUT2D eigenvalue weighted by atomic mass is 28.4. The van der Waals surface area contributed by atoms with Gasteiger partial charge in [-0.3, -0.25) is 0 Å². The zero-order chi connectivity index (χ0) is 9.61. The lowest BCUT2D eigenvalue weighted by molar-refractivity contribution is 0.176. The van der Waals surface area contributed by atoms with Crippen LogP contribution in [0, 0.1) is 0 Å². The Balaban J connectivity index is 4.28. The van der Waals surface area contributed by atoms with E-state index in [1.54, 1.807) is 0 Å². The average molecular weight is 190 g/mol. The van der Waals surface area contributed by atoms with Gasteiger partial charge in [0, 0.05) is 13.2 Å². The van der Waals surface area contributed by atoms with Gasteiger partial charge in [0.15, 0.2) is 0 Å². The molecule has 0 radical (unpaired) electrons. The van der Waals surface area contributed by atoms with Gasteiger partial charge in [-0.05, 0) is 25.4 Å². The molecule has 0 N–H and O–H groups in total. The van der Waals surface area contributed by atoms with E-state index in [0.29, 0.717) is 5.54 Å². The molecule has 0 atom stereocenters. The molecular weight excluding hydrogens is 168 g/mol. The predicted octanol–water partition coefficient (Wildman–Crippen LogP) is 2.93. The summed E-state index contributed by atoms with van der Waals surface area (Å²) in [5.74, 6) is 0. The molecule has 0 aromatic rings. The third-order valence-electron chi connectivity index (χ3n) is 2.15. The van der Waals surface area contributed by atoms with Crippen molar-refractivity contribution in [3.8, 4) is 0 Å². The van der Waals surface area contributed by atoms with Gasteiger partial charge in [0.1, 0.15) is 0 Å². The van der Waals surface area contributed by atoms with Crippen LogP contribution in [0.5, 0.6) is 0 Å². The first-order chi connectivity index (χ1) is 5.63. The quantitative estimate of drug-likeness (QED) is 0.600. The Bertz CT molecular complexity index is 109. The molecule has 0 bridgehead atoms. The van der Waals surface area contributed by atoms with Crippen molar-refractivity contribution in [2.45, 2.75) is 46.2 Å². The number of rotatable bonds is 6. The van der Waals surface area contributed by atoms with E-state index in [1.165, 1.54) is 0 Å². The molecule has 0 heterocycles. The Kier molecular flexibility index (Phi) is 5.79. The third-order valence-corrected chi connectivity index (χ3v) is 6.45. The molecular formula is C9H22O2Si. The molecule has 0 saturated carbocycles. The van der Waals surface area contributed by atoms with Crippen LogP contribution >= 0.6 is 0 Å². The van der Waals surface area contributed by atoms with Crippen molar-refractivity contribution >= 4 is 8.56 Å². The molecule has 0 spiro atoms. The van der Waals surface area contributed by atoms with E-state index in [2.05, 4.69) is 20.8 Å². The van der Waals surface area contributed by atoms with Crippen LogP contribution in [-0.2, 0) is 8.85 Å². The molecule has 74 valence electrons. The van der Waals surface area contributed by atoms with Gasteiger partial charge in [-0.1, -0.05) is 20.8 Å². The van der Waals surface area contributed by atoms with Gasteiger partial charge < -0.3 is 8.85 Å². The molecule has 0 aromatic carbocycles. The van der Waals surface area contributed by atoms with Crippen LogP contribution in [0.2, 0.25) is 11.6 Å². The van der Waals surface area contributed by atoms with Crippen LogP contribution in [0.3, 0.4) is 0 Å². The zero-order valence-corrected chi connectivity index (χ0v) is 10.0. The van der Waals surface area contributed by atoms with Crippen molar-refractivity contribution in [2.24, 2.45) is 0 Å². The molecule has 0 amide bonds. The molecule has 3 heteroatoms. The number of hydrogen-bond acceptors (Lipinski definition) is 2. The maximum Gasteiger partial charge on any atom is 0.340 e. The summed E-state index contributed by atoms with van der Waals surface area (Å²) in [6, 6.07) is 1.05. The Labute approximate surface area is 77.5 Å². The van der Waals surface area contributed by atoms with E-state index in [1.807, 2.05) is 13.8 Å². The monoisotopic (exact) mass is 190 g/mol. The summed E-state index contributed by atoms with van der Waals surface area (Å²) in [6.07, 6.45) is 0. The fraction of sp³-hybridized carbons (Fsp3) is 1.00. The highest BCUT2D eigenvalue weighted by Crippen LogP contribution is 2.27. The molecule has 0 aliphatic heterocycles. The second-order valence-electron chi connectivity index (χ2n) is 3.19. The van der Waals surface area contributed by atoms with Gasteiger partial charge in [-0.2, -0.15) is 0 Å². The molecule has 0 saturated heterocycles. The van der Waals surface area contributed by atoms with E-state index < -0.39 is 8.56 Å². The van der Waals surface area contributed by atoms with Crippen molar-refractivity contribution < 1.29 is 8.85 Å². The molecule has 0 aromatic heterocycles. The standard InChI is InChI=1S/C9H22O2Si/c1-6-10-12(8-3,9(4)5)11-7-2/h9H,6-8H2,1-5H3. The van der Waals surface area contributed by atoms with Crippen molar-refractivity contribution in [2.75, 3.05) is 13.2 Å².